The third-order valence-corrected chi connectivity index (χ3v) is 19.4. The van der Waals surface area contributed by atoms with Gasteiger partial charge in [-0.1, -0.05) is 75.1 Å². The van der Waals surface area contributed by atoms with Crippen molar-refractivity contribution in [1.29, 1.82) is 0 Å². The lowest BCUT2D eigenvalue weighted by Gasteiger charge is -2.55. The van der Waals surface area contributed by atoms with E-state index in [1.807, 2.05) is 24.3 Å². The molecule has 0 aromatic heterocycles. The molecule has 3 aromatic rings. The van der Waals surface area contributed by atoms with Crippen molar-refractivity contribution in [3.8, 4) is 0 Å². The molecule has 0 saturated carbocycles. The van der Waals surface area contributed by atoms with Gasteiger partial charge in [0.2, 0.25) is 0 Å². The number of fused-ring (bicyclic) bond motifs is 11. The molecule has 14 heteroatoms. The van der Waals surface area contributed by atoms with Crippen LogP contribution in [0.2, 0.25) is 0 Å². The minimum atomic E-state index is -0.739. The number of hydrogen-bond donors (Lipinski definition) is 1. The predicted octanol–water partition coefficient (Wildman–Crippen LogP) is 9.92. The highest BCUT2D eigenvalue weighted by atomic mass is 16.6. The maximum Gasteiger partial charge on any atom is 0.338 e. The molecule has 0 amide bonds. The highest BCUT2D eigenvalue weighted by Gasteiger charge is 2.57. The van der Waals surface area contributed by atoms with E-state index in [9.17, 15) is 14.7 Å². The molecular formula is C64H80O14. The Morgan fingerprint density at radius 1 is 0.641 bits per heavy atom. The molecule has 3 aromatic carbocycles. The van der Waals surface area contributed by atoms with Gasteiger partial charge in [0.15, 0.2) is 0 Å². The standard InChI is InChI=1S/C64H80O14/c1-35-23-50-53(31-59(66)74-50)73-58-30-52-54(78-63(58,4)32-35)24-37(3)60-49(71-52)15-9-8-14-45-46(75-60)16-10-18-48-47(70-45)17-11-19-57-64(5,77-48)33-56-51(72-57)29-55-61(76-56)44(65)28-43(69-55)22-36(2)34-68-62(67)41-21-20-40-25-38-12-6-7-13-39(38)26-42(40)27-41/h6-10,12-13,18,20-21,25-27,35,37,43-58,60-61,65H,2,11,14-17,19,22-24,28-34H2,1,3-5H3. The molecule has 10 aliphatic rings. The first-order chi connectivity index (χ1) is 37.7. The summed E-state index contributed by atoms with van der Waals surface area (Å²) in [6.45, 7) is 13.2. The fourth-order valence-electron chi connectivity index (χ4n) is 15.5. The number of carbonyl (C=O) groups is 2. The number of esters is 2. The second-order valence-electron chi connectivity index (χ2n) is 25.5. The Morgan fingerprint density at radius 3 is 2.21 bits per heavy atom. The molecule has 13 rings (SSSR count). The van der Waals surface area contributed by atoms with Crippen molar-refractivity contribution >= 4 is 33.5 Å². The molecule has 8 fully saturated rings. The summed E-state index contributed by atoms with van der Waals surface area (Å²) in [4.78, 5) is 25.6. The lowest BCUT2D eigenvalue weighted by molar-refractivity contribution is -0.316. The summed E-state index contributed by atoms with van der Waals surface area (Å²) in [6, 6.07) is 18.1. The van der Waals surface area contributed by atoms with Gasteiger partial charge >= 0.3 is 11.9 Å². The lowest BCUT2D eigenvalue weighted by Crippen LogP contribution is -2.65. The van der Waals surface area contributed by atoms with Crippen molar-refractivity contribution in [3.63, 3.8) is 0 Å². The van der Waals surface area contributed by atoms with Crippen LogP contribution in [0.15, 0.2) is 91.1 Å². The van der Waals surface area contributed by atoms with Gasteiger partial charge < -0.3 is 57.2 Å². The van der Waals surface area contributed by atoms with Crippen LogP contribution in [0.4, 0.5) is 0 Å². The molecular weight excluding hydrogens is 993 g/mol. The normalized spacial score (nSPS) is 44.4. The van der Waals surface area contributed by atoms with Gasteiger partial charge in [-0.2, -0.15) is 0 Å². The van der Waals surface area contributed by atoms with E-state index >= 15 is 0 Å². The summed E-state index contributed by atoms with van der Waals surface area (Å²) < 4.78 is 74.8. The first-order valence-corrected chi connectivity index (χ1v) is 29.6. The van der Waals surface area contributed by atoms with Crippen LogP contribution in [-0.4, -0.2) is 145 Å². The maximum atomic E-state index is 13.2. The summed E-state index contributed by atoms with van der Waals surface area (Å²) in [5, 5.41) is 15.9. The number of benzene rings is 3. The van der Waals surface area contributed by atoms with Crippen LogP contribution < -0.4 is 0 Å². The molecule has 0 spiro atoms. The first-order valence-electron chi connectivity index (χ1n) is 29.6. The van der Waals surface area contributed by atoms with Crippen LogP contribution in [0.25, 0.3) is 21.5 Å². The van der Waals surface area contributed by atoms with Crippen LogP contribution in [-0.2, 0) is 56.9 Å². The Balaban J connectivity index is 0.625. The van der Waals surface area contributed by atoms with Gasteiger partial charge in [-0.3, -0.25) is 4.79 Å². The Morgan fingerprint density at radius 2 is 1.36 bits per heavy atom. The van der Waals surface area contributed by atoms with Crippen molar-refractivity contribution in [2.24, 2.45) is 11.8 Å². The average molecular weight is 1070 g/mol. The van der Waals surface area contributed by atoms with Crippen molar-refractivity contribution < 1.29 is 66.8 Å². The SMILES string of the molecule is C=C(COC(=O)c1ccc2cc3ccccc3cc2c1)CC1CC(O)C2OC3CC4(C)OC5C=CCC6OC7C(C)CC8OC9(C)CC(C)CC%10OC(=O)CC%10OC9CC8OC7CC=CCC6OC5CCCC4OC3CC2O1. The molecule has 10 heterocycles. The zero-order valence-corrected chi connectivity index (χ0v) is 45.8. The van der Waals surface area contributed by atoms with Gasteiger partial charge in [0.1, 0.15) is 31.0 Å². The van der Waals surface area contributed by atoms with Crippen molar-refractivity contribution in [3.05, 3.63) is 96.6 Å². The Bertz CT molecular complexity index is 2780. The van der Waals surface area contributed by atoms with Gasteiger partial charge in [-0.15, -0.1) is 0 Å². The Labute approximate surface area is 458 Å². The van der Waals surface area contributed by atoms with Crippen LogP contribution in [0.3, 0.4) is 0 Å². The smallest absolute Gasteiger partial charge is 0.338 e. The molecule has 0 bridgehead atoms. The predicted molar refractivity (Wildman–Crippen MR) is 290 cm³/mol. The van der Waals surface area contributed by atoms with E-state index in [-0.39, 0.29) is 123 Å². The fraction of sp³-hybridized carbons (Fsp3) is 0.656. The van der Waals surface area contributed by atoms with Crippen molar-refractivity contribution in [2.75, 3.05) is 6.61 Å². The van der Waals surface area contributed by atoms with E-state index in [0.29, 0.717) is 50.0 Å². The van der Waals surface area contributed by atoms with Gasteiger partial charge in [0.25, 0.3) is 0 Å². The van der Waals surface area contributed by atoms with Crippen LogP contribution in [0.1, 0.15) is 134 Å². The molecule has 1 N–H and O–H groups in total. The fourth-order valence-corrected chi connectivity index (χ4v) is 15.5. The van der Waals surface area contributed by atoms with Crippen LogP contribution >= 0.6 is 0 Å². The molecule has 10 aliphatic heterocycles. The monoisotopic (exact) mass is 1070 g/mol. The number of hydrogen-bond acceptors (Lipinski definition) is 14. The molecule has 78 heavy (non-hydrogen) atoms. The summed E-state index contributed by atoms with van der Waals surface area (Å²) >= 11 is 0. The average Bonchev–Trinajstić information content (AvgIpc) is 3.88. The second kappa shape index (κ2) is 21.7. The molecule has 22 unspecified atom stereocenters. The number of rotatable bonds is 5. The van der Waals surface area contributed by atoms with E-state index < -0.39 is 29.4 Å². The largest absolute Gasteiger partial charge is 0.459 e. The third kappa shape index (κ3) is 10.7. The Kier molecular flexibility index (Phi) is 14.8. The number of ether oxygens (including phenoxy) is 11. The van der Waals surface area contributed by atoms with Gasteiger partial charge in [0.05, 0.1) is 109 Å². The van der Waals surface area contributed by atoms with E-state index in [0.717, 1.165) is 78.5 Å². The van der Waals surface area contributed by atoms with Crippen LogP contribution in [0.5, 0.6) is 0 Å². The lowest BCUT2D eigenvalue weighted by atomic mass is 9.78. The van der Waals surface area contributed by atoms with E-state index in [1.165, 1.54) is 0 Å². The third-order valence-electron chi connectivity index (χ3n) is 19.4. The first kappa shape index (κ1) is 53.3. The zero-order valence-electron chi connectivity index (χ0n) is 45.8. The summed E-state index contributed by atoms with van der Waals surface area (Å²) in [7, 11) is 0. The highest BCUT2D eigenvalue weighted by molar-refractivity contribution is 6.01. The van der Waals surface area contributed by atoms with Crippen molar-refractivity contribution in [1.82, 2.24) is 0 Å². The molecule has 22 atom stereocenters. The van der Waals surface area contributed by atoms with Crippen LogP contribution in [0, 0.1) is 11.8 Å². The second-order valence-corrected chi connectivity index (χ2v) is 25.5. The highest BCUT2D eigenvalue weighted by Crippen LogP contribution is 2.49. The van der Waals surface area contributed by atoms with E-state index in [1.54, 1.807) is 6.07 Å². The number of carbonyl (C=O) groups excluding carboxylic acids is 2. The summed E-state index contributed by atoms with van der Waals surface area (Å²) in [5.41, 5.74) is 0.0616. The number of aliphatic hydroxyl groups excluding tert-OH is 1. The molecule has 0 radical (unpaired) electrons. The summed E-state index contributed by atoms with van der Waals surface area (Å²) in [5.74, 6) is -0.0926. The molecule has 14 nitrogen and oxygen atoms in total. The minimum Gasteiger partial charge on any atom is -0.459 e. The van der Waals surface area contributed by atoms with Gasteiger partial charge in [-0.25, -0.2) is 4.79 Å². The quantitative estimate of drug-likeness (QED) is 0.146. The van der Waals surface area contributed by atoms with Gasteiger partial charge in [0, 0.05) is 25.7 Å². The number of aliphatic hydroxyl groups is 1. The molecule has 8 saturated heterocycles. The zero-order chi connectivity index (χ0) is 53.5. The minimum absolute atomic E-state index is 0.0607. The van der Waals surface area contributed by atoms with Gasteiger partial charge in [-0.05, 0) is 141 Å². The molecule has 420 valence electrons. The maximum absolute atomic E-state index is 13.2. The molecule has 0 aliphatic carbocycles. The van der Waals surface area contributed by atoms with E-state index in [2.05, 4.69) is 82.8 Å². The summed E-state index contributed by atoms with van der Waals surface area (Å²) in [6.07, 6.45) is 14.5. The Hall–Kier alpha value is -4.06. The van der Waals surface area contributed by atoms with Crippen molar-refractivity contribution in [2.45, 2.75) is 245 Å². The van der Waals surface area contributed by atoms with E-state index in [4.69, 9.17) is 52.1 Å². The topological polar surface area (TPSA) is 156 Å².